The van der Waals surface area contributed by atoms with Crippen molar-refractivity contribution in [3.8, 4) is 6.07 Å². The van der Waals surface area contributed by atoms with E-state index in [9.17, 15) is 0 Å². The summed E-state index contributed by atoms with van der Waals surface area (Å²) in [4.78, 5) is 6.55. The number of nitrogens with one attached hydrogen (secondary N) is 1. The summed E-state index contributed by atoms with van der Waals surface area (Å²) in [6.45, 7) is 5.51. The largest absolute Gasteiger partial charge is 0.424 e. The van der Waals surface area contributed by atoms with Crippen LogP contribution in [0.25, 0.3) is 0 Å². The minimum atomic E-state index is 0.525. The van der Waals surface area contributed by atoms with Crippen molar-refractivity contribution in [3.63, 3.8) is 0 Å². The average Bonchev–Trinajstić information content (AvgIpc) is 3.23. The molecule has 0 aromatic carbocycles. The highest BCUT2D eigenvalue weighted by atomic mass is 16.4. The van der Waals surface area contributed by atoms with Gasteiger partial charge >= 0.3 is 0 Å². The Morgan fingerprint density at radius 1 is 1.43 bits per heavy atom. The van der Waals surface area contributed by atoms with Crippen LogP contribution in [0.15, 0.2) is 22.7 Å². The summed E-state index contributed by atoms with van der Waals surface area (Å²) in [5.74, 6) is 2.57. The Labute approximate surface area is 135 Å². The van der Waals surface area contributed by atoms with Crippen LogP contribution in [0.4, 0.5) is 5.82 Å². The first-order valence-electron chi connectivity index (χ1n) is 7.91. The molecule has 0 radical (unpaired) electrons. The molecule has 2 aromatic heterocycles. The first kappa shape index (κ1) is 15.4. The van der Waals surface area contributed by atoms with Crippen molar-refractivity contribution in [2.75, 3.05) is 25.0 Å². The van der Waals surface area contributed by atoms with Crippen molar-refractivity contribution in [1.29, 1.82) is 5.26 Å². The molecular weight excluding hydrogens is 292 g/mol. The van der Waals surface area contributed by atoms with Crippen molar-refractivity contribution >= 4 is 5.82 Å². The second kappa shape index (κ2) is 7.20. The van der Waals surface area contributed by atoms with Crippen LogP contribution in [-0.4, -0.2) is 39.7 Å². The molecule has 1 saturated heterocycles. The third-order valence-electron chi connectivity index (χ3n) is 4.03. The van der Waals surface area contributed by atoms with Gasteiger partial charge in [0, 0.05) is 25.7 Å². The van der Waals surface area contributed by atoms with Crippen LogP contribution in [0, 0.1) is 17.2 Å². The van der Waals surface area contributed by atoms with Crippen molar-refractivity contribution in [2.45, 2.75) is 26.3 Å². The van der Waals surface area contributed by atoms with Crippen LogP contribution in [0.1, 0.15) is 30.7 Å². The Morgan fingerprint density at radius 2 is 2.30 bits per heavy atom. The summed E-state index contributed by atoms with van der Waals surface area (Å²) >= 11 is 0. The van der Waals surface area contributed by atoms with Gasteiger partial charge in [0.25, 0.3) is 0 Å². The molecule has 1 atom stereocenters. The van der Waals surface area contributed by atoms with Crippen LogP contribution in [0.3, 0.4) is 0 Å². The van der Waals surface area contributed by atoms with Crippen molar-refractivity contribution in [2.24, 2.45) is 5.92 Å². The van der Waals surface area contributed by atoms with E-state index in [1.807, 2.05) is 6.92 Å². The predicted molar refractivity (Wildman–Crippen MR) is 84.5 cm³/mol. The first-order chi connectivity index (χ1) is 11.3. The molecule has 0 unspecified atom stereocenters. The highest BCUT2D eigenvalue weighted by Crippen LogP contribution is 2.19. The third-order valence-corrected chi connectivity index (χ3v) is 4.03. The Morgan fingerprint density at radius 3 is 3.09 bits per heavy atom. The summed E-state index contributed by atoms with van der Waals surface area (Å²) in [5, 5.41) is 20.4. The standard InChI is InChI=1S/C16H20N6O/c1-2-14-20-21-15(23-14)11-22-7-5-12(10-22)9-19-16-13(8-17)4-3-6-18-16/h3-4,6,12H,2,5,7,9-11H2,1H3,(H,18,19)/t12-/m0/s1. The molecule has 0 spiro atoms. The second-order valence-corrected chi connectivity index (χ2v) is 5.73. The van der Waals surface area contributed by atoms with Gasteiger partial charge in [-0.3, -0.25) is 4.90 Å². The van der Waals surface area contributed by atoms with Crippen LogP contribution < -0.4 is 5.32 Å². The minimum absolute atomic E-state index is 0.525. The maximum atomic E-state index is 9.08. The molecule has 3 heterocycles. The smallest absolute Gasteiger partial charge is 0.230 e. The Bertz CT molecular complexity index is 692. The van der Waals surface area contributed by atoms with Crippen LogP contribution in [-0.2, 0) is 13.0 Å². The molecule has 120 valence electrons. The van der Waals surface area contributed by atoms with Gasteiger partial charge in [0.05, 0.1) is 12.1 Å². The zero-order chi connectivity index (χ0) is 16.1. The van der Waals surface area contributed by atoms with Crippen LogP contribution in [0.5, 0.6) is 0 Å². The predicted octanol–water partition coefficient (Wildman–Crippen LogP) is 1.83. The monoisotopic (exact) mass is 312 g/mol. The molecule has 1 fully saturated rings. The van der Waals surface area contributed by atoms with Crippen LogP contribution >= 0.6 is 0 Å². The van der Waals surface area contributed by atoms with E-state index in [0.29, 0.717) is 35.6 Å². The number of anilines is 1. The van der Waals surface area contributed by atoms with E-state index in [1.165, 1.54) is 0 Å². The SMILES string of the molecule is CCc1nnc(CN2CC[C@@H](CNc3ncccc3C#N)C2)o1. The van der Waals surface area contributed by atoms with Gasteiger partial charge < -0.3 is 9.73 Å². The van der Waals surface area contributed by atoms with Gasteiger partial charge in [0.15, 0.2) is 0 Å². The summed E-state index contributed by atoms with van der Waals surface area (Å²) in [6, 6.07) is 5.71. The number of hydrogen-bond acceptors (Lipinski definition) is 7. The van der Waals surface area contributed by atoms with Gasteiger partial charge in [0.2, 0.25) is 11.8 Å². The normalized spacial score (nSPS) is 18.0. The molecule has 2 aromatic rings. The Balaban J connectivity index is 1.49. The third kappa shape index (κ3) is 3.85. The molecule has 0 bridgehead atoms. The average molecular weight is 312 g/mol. The zero-order valence-corrected chi connectivity index (χ0v) is 13.2. The molecule has 0 amide bonds. The summed E-state index contributed by atoms with van der Waals surface area (Å²) in [7, 11) is 0. The number of hydrogen-bond donors (Lipinski definition) is 1. The maximum absolute atomic E-state index is 9.08. The van der Waals surface area contributed by atoms with Gasteiger partial charge in [0.1, 0.15) is 11.9 Å². The molecule has 1 aliphatic rings. The lowest BCUT2D eigenvalue weighted by atomic mass is 10.1. The van der Waals surface area contributed by atoms with E-state index in [2.05, 4.69) is 31.5 Å². The van der Waals surface area contributed by atoms with Gasteiger partial charge in [-0.1, -0.05) is 6.92 Å². The first-order valence-corrected chi connectivity index (χ1v) is 7.91. The topological polar surface area (TPSA) is 90.9 Å². The number of nitrogens with zero attached hydrogens (tertiary/aromatic N) is 5. The lowest BCUT2D eigenvalue weighted by molar-refractivity contribution is 0.278. The molecule has 0 aliphatic carbocycles. The maximum Gasteiger partial charge on any atom is 0.230 e. The number of aromatic nitrogens is 3. The fourth-order valence-electron chi connectivity index (χ4n) is 2.79. The molecular formula is C16H20N6O. The second-order valence-electron chi connectivity index (χ2n) is 5.73. The van der Waals surface area contributed by atoms with Crippen molar-refractivity contribution in [3.05, 3.63) is 35.7 Å². The zero-order valence-electron chi connectivity index (χ0n) is 13.2. The molecule has 1 N–H and O–H groups in total. The lowest BCUT2D eigenvalue weighted by Crippen LogP contribution is -2.23. The van der Waals surface area contributed by atoms with E-state index in [1.54, 1.807) is 18.3 Å². The Hall–Kier alpha value is -2.46. The van der Waals surface area contributed by atoms with E-state index in [0.717, 1.165) is 32.5 Å². The molecule has 7 heteroatoms. The number of nitriles is 1. The van der Waals surface area contributed by atoms with Crippen molar-refractivity contribution < 1.29 is 4.42 Å². The van der Waals surface area contributed by atoms with Gasteiger partial charge in [-0.15, -0.1) is 10.2 Å². The minimum Gasteiger partial charge on any atom is -0.424 e. The van der Waals surface area contributed by atoms with Gasteiger partial charge in [-0.05, 0) is 31.0 Å². The summed E-state index contributed by atoms with van der Waals surface area (Å²) in [6.07, 6.45) is 3.58. The Kier molecular flexibility index (Phi) is 4.83. The highest BCUT2D eigenvalue weighted by Gasteiger charge is 2.24. The molecule has 7 nitrogen and oxygen atoms in total. The van der Waals surface area contributed by atoms with Gasteiger partial charge in [-0.2, -0.15) is 5.26 Å². The number of pyridine rings is 1. The molecule has 0 saturated carbocycles. The van der Waals surface area contributed by atoms with E-state index < -0.39 is 0 Å². The fourth-order valence-corrected chi connectivity index (χ4v) is 2.79. The van der Waals surface area contributed by atoms with Crippen LogP contribution in [0.2, 0.25) is 0 Å². The lowest BCUT2D eigenvalue weighted by Gasteiger charge is -2.14. The number of rotatable bonds is 6. The highest BCUT2D eigenvalue weighted by molar-refractivity contribution is 5.51. The van der Waals surface area contributed by atoms with E-state index >= 15 is 0 Å². The van der Waals surface area contributed by atoms with E-state index in [-0.39, 0.29) is 0 Å². The quantitative estimate of drug-likeness (QED) is 0.870. The van der Waals surface area contributed by atoms with E-state index in [4.69, 9.17) is 9.68 Å². The number of likely N-dealkylation sites (tertiary alicyclic amines) is 1. The molecule has 3 rings (SSSR count). The molecule has 23 heavy (non-hydrogen) atoms. The van der Waals surface area contributed by atoms with Crippen molar-refractivity contribution in [1.82, 2.24) is 20.1 Å². The number of aryl methyl sites for hydroxylation is 1. The fraction of sp³-hybridized carbons (Fsp3) is 0.500. The summed E-state index contributed by atoms with van der Waals surface area (Å²) < 4.78 is 5.56. The summed E-state index contributed by atoms with van der Waals surface area (Å²) in [5.41, 5.74) is 0.584. The van der Waals surface area contributed by atoms with Gasteiger partial charge in [-0.25, -0.2) is 4.98 Å². The molecule has 1 aliphatic heterocycles.